The molecule has 0 amide bonds. The Morgan fingerprint density at radius 3 is 2.25 bits per heavy atom. The van der Waals surface area contributed by atoms with Gasteiger partial charge in [0.05, 0.1) is 13.7 Å². The Morgan fingerprint density at radius 1 is 1.08 bits per heavy atom. The van der Waals surface area contributed by atoms with Crippen LogP contribution in [-0.4, -0.2) is 64.8 Å². The smallest absolute Gasteiger partial charge is 0.229 e. The van der Waals surface area contributed by atoms with Gasteiger partial charge >= 0.3 is 0 Å². The molecule has 0 bridgehead atoms. The Kier molecular flexibility index (Phi) is 6.06. The highest BCUT2D eigenvalue weighted by atomic mass is 16.7. The van der Waals surface area contributed by atoms with Gasteiger partial charge in [0.2, 0.25) is 6.29 Å². The fraction of sp³-hybridized carbons (Fsp3) is 0.647. The van der Waals surface area contributed by atoms with Crippen molar-refractivity contribution in [3.05, 3.63) is 23.3 Å². The summed E-state index contributed by atoms with van der Waals surface area (Å²) in [6, 6.07) is 3.74. The molecule has 1 aliphatic rings. The minimum Gasteiger partial charge on any atom is -0.496 e. The normalized spacial score (nSPS) is 30.5. The Morgan fingerprint density at radius 2 is 1.71 bits per heavy atom. The standard InChI is InChI=1S/C17H26O7/c1-8(2)10-5-11(22-4)9(3)12(6-10)23-17-16(21)15(20)14(19)13(7-18)24-17/h5-6,8,13-21H,7H2,1-4H3. The second-order valence-electron chi connectivity index (χ2n) is 6.32. The van der Waals surface area contributed by atoms with Crippen LogP contribution >= 0.6 is 0 Å². The van der Waals surface area contributed by atoms with Gasteiger partial charge in [0, 0.05) is 5.56 Å². The summed E-state index contributed by atoms with van der Waals surface area (Å²) >= 11 is 0. The van der Waals surface area contributed by atoms with E-state index in [0.717, 1.165) is 11.1 Å². The number of ether oxygens (including phenoxy) is 3. The Labute approximate surface area is 141 Å². The van der Waals surface area contributed by atoms with Crippen molar-refractivity contribution >= 4 is 0 Å². The van der Waals surface area contributed by atoms with Gasteiger partial charge in [-0.05, 0) is 30.5 Å². The van der Waals surface area contributed by atoms with Crippen LogP contribution in [0, 0.1) is 6.92 Å². The lowest BCUT2D eigenvalue weighted by molar-refractivity contribution is -0.277. The molecule has 0 saturated carbocycles. The minimum atomic E-state index is -1.48. The SMILES string of the molecule is COc1cc(C(C)C)cc(OC2OC(CO)C(O)C(O)C2O)c1C. The molecule has 1 saturated heterocycles. The molecule has 0 aromatic heterocycles. The van der Waals surface area contributed by atoms with E-state index in [4.69, 9.17) is 14.2 Å². The molecule has 0 radical (unpaired) electrons. The summed E-state index contributed by atoms with van der Waals surface area (Å²) in [5, 5.41) is 39.0. The average Bonchev–Trinajstić information content (AvgIpc) is 2.56. The summed E-state index contributed by atoms with van der Waals surface area (Å²) in [6.07, 6.45) is -6.56. The van der Waals surface area contributed by atoms with Crippen LogP contribution in [0.15, 0.2) is 12.1 Å². The molecule has 7 heteroatoms. The quantitative estimate of drug-likeness (QED) is 0.610. The van der Waals surface area contributed by atoms with Crippen molar-refractivity contribution < 1.29 is 34.6 Å². The number of hydrogen-bond donors (Lipinski definition) is 4. The van der Waals surface area contributed by atoms with Crippen LogP contribution in [0.25, 0.3) is 0 Å². The topological polar surface area (TPSA) is 109 Å². The predicted molar refractivity (Wildman–Crippen MR) is 86.2 cm³/mol. The molecule has 1 heterocycles. The van der Waals surface area contributed by atoms with Gasteiger partial charge in [0.15, 0.2) is 0 Å². The fourth-order valence-corrected chi connectivity index (χ4v) is 2.64. The van der Waals surface area contributed by atoms with Crippen molar-refractivity contribution in [3.63, 3.8) is 0 Å². The molecule has 4 N–H and O–H groups in total. The maximum atomic E-state index is 10.1. The van der Waals surface area contributed by atoms with Gasteiger partial charge in [-0.2, -0.15) is 0 Å². The first-order valence-electron chi connectivity index (χ1n) is 7.95. The van der Waals surface area contributed by atoms with Crippen molar-refractivity contribution in [2.45, 2.75) is 57.4 Å². The number of methoxy groups -OCH3 is 1. The van der Waals surface area contributed by atoms with Crippen LogP contribution in [0.2, 0.25) is 0 Å². The summed E-state index contributed by atoms with van der Waals surface area (Å²) in [7, 11) is 1.56. The third-order valence-electron chi connectivity index (χ3n) is 4.31. The molecule has 5 atom stereocenters. The van der Waals surface area contributed by atoms with Gasteiger partial charge in [0.1, 0.15) is 35.9 Å². The maximum absolute atomic E-state index is 10.1. The van der Waals surface area contributed by atoms with E-state index < -0.39 is 37.3 Å². The first-order chi connectivity index (χ1) is 11.3. The molecular formula is C17H26O7. The zero-order valence-electron chi connectivity index (χ0n) is 14.3. The Bertz CT molecular complexity index is 558. The largest absolute Gasteiger partial charge is 0.496 e. The van der Waals surface area contributed by atoms with E-state index >= 15 is 0 Å². The molecule has 2 rings (SSSR count). The molecule has 1 aromatic rings. The van der Waals surface area contributed by atoms with E-state index in [1.807, 2.05) is 32.9 Å². The molecular weight excluding hydrogens is 316 g/mol. The molecule has 5 unspecified atom stereocenters. The Hall–Kier alpha value is -1.38. The van der Waals surface area contributed by atoms with Gasteiger partial charge in [-0.15, -0.1) is 0 Å². The van der Waals surface area contributed by atoms with E-state index in [9.17, 15) is 20.4 Å². The summed E-state index contributed by atoms with van der Waals surface area (Å²) < 4.78 is 16.5. The first-order valence-corrected chi connectivity index (χ1v) is 7.95. The average molecular weight is 342 g/mol. The third kappa shape index (κ3) is 3.65. The van der Waals surface area contributed by atoms with Crippen LogP contribution in [0.3, 0.4) is 0 Å². The zero-order valence-corrected chi connectivity index (χ0v) is 14.3. The maximum Gasteiger partial charge on any atom is 0.229 e. The minimum absolute atomic E-state index is 0.233. The lowest BCUT2D eigenvalue weighted by Gasteiger charge is -2.39. The number of rotatable bonds is 5. The van der Waals surface area contributed by atoms with Crippen molar-refractivity contribution in [3.8, 4) is 11.5 Å². The van der Waals surface area contributed by atoms with E-state index in [1.165, 1.54) is 0 Å². The predicted octanol–water partition coefficient (Wildman–Crippen LogP) is 0.306. The van der Waals surface area contributed by atoms with Gasteiger partial charge in [-0.3, -0.25) is 0 Å². The molecule has 136 valence electrons. The van der Waals surface area contributed by atoms with Gasteiger partial charge < -0.3 is 34.6 Å². The molecule has 24 heavy (non-hydrogen) atoms. The van der Waals surface area contributed by atoms with E-state index in [0.29, 0.717) is 11.5 Å². The lowest BCUT2D eigenvalue weighted by Crippen LogP contribution is -2.60. The third-order valence-corrected chi connectivity index (χ3v) is 4.31. The molecule has 1 aromatic carbocycles. The van der Waals surface area contributed by atoms with E-state index in [-0.39, 0.29) is 5.92 Å². The molecule has 0 aliphatic carbocycles. The number of aliphatic hydroxyl groups is 4. The van der Waals surface area contributed by atoms with Crippen molar-refractivity contribution in [1.29, 1.82) is 0 Å². The molecule has 0 spiro atoms. The van der Waals surface area contributed by atoms with E-state index in [1.54, 1.807) is 7.11 Å². The Balaban J connectivity index is 2.30. The van der Waals surface area contributed by atoms with Crippen LogP contribution < -0.4 is 9.47 Å². The van der Waals surface area contributed by atoms with Gasteiger partial charge in [-0.25, -0.2) is 0 Å². The van der Waals surface area contributed by atoms with Crippen LogP contribution in [0.4, 0.5) is 0 Å². The monoisotopic (exact) mass is 342 g/mol. The number of aliphatic hydroxyl groups excluding tert-OH is 4. The van der Waals surface area contributed by atoms with Crippen molar-refractivity contribution in [2.24, 2.45) is 0 Å². The fourth-order valence-electron chi connectivity index (χ4n) is 2.64. The zero-order chi connectivity index (χ0) is 18.0. The van der Waals surface area contributed by atoms with Gasteiger partial charge in [-0.1, -0.05) is 13.8 Å². The highest BCUT2D eigenvalue weighted by Gasteiger charge is 2.44. The molecule has 1 fully saturated rings. The van der Waals surface area contributed by atoms with Crippen molar-refractivity contribution in [2.75, 3.05) is 13.7 Å². The summed E-state index contributed by atoms with van der Waals surface area (Å²) in [5.74, 6) is 1.32. The van der Waals surface area contributed by atoms with Crippen LogP contribution in [0.1, 0.15) is 30.9 Å². The highest BCUT2D eigenvalue weighted by Crippen LogP contribution is 2.34. The summed E-state index contributed by atoms with van der Waals surface area (Å²) in [6.45, 7) is 5.37. The first kappa shape index (κ1) is 19.0. The second-order valence-corrected chi connectivity index (χ2v) is 6.32. The second kappa shape index (κ2) is 7.67. The summed E-state index contributed by atoms with van der Waals surface area (Å²) in [4.78, 5) is 0. The van der Waals surface area contributed by atoms with Crippen molar-refractivity contribution in [1.82, 2.24) is 0 Å². The van der Waals surface area contributed by atoms with Crippen LogP contribution in [0.5, 0.6) is 11.5 Å². The van der Waals surface area contributed by atoms with Crippen LogP contribution in [-0.2, 0) is 4.74 Å². The molecule has 1 aliphatic heterocycles. The van der Waals surface area contributed by atoms with E-state index in [2.05, 4.69) is 0 Å². The highest BCUT2D eigenvalue weighted by molar-refractivity contribution is 5.48. The summed E-state index contributed by atoms with van der Waals surface area (Å²) in [5.41, 5.74) is 1.70. The van der Waals surface area contributed by atoms with Gasteiger partial charge in [0.25, 0.3) is 0 Å². The number of hydrogen-bond acceptors (Lipinski definition) is 7. The molecule has 7 nitrogen and oxygen atoms in total. The number of benzene rings is 1. The lowest BCUT2D eigenvalue weighted by atomic mass is 9.98.